The second kappa shape index (κ2) is 8.12. The molecule has 0 aromatic heterocycles. The van der Waals surface area contributed by atoms with E-state index in [9.17, 15) is 14.0 Å². The van der Waals surface area contributed by atoms with Gasteiger partial charge < -0.3 is 10.2 Å². The summed E-state index contributed by atoms with van der Waals surface area (Å²) < 4.78 is 14.3. The molecule has 0 radical (unpaired) electrons. The molecule has 1 aliphatic rings. The zero-order valence-corrected chi connectivity index (χ0v) is 17.9. The first-order chi connectivity index (χ1) is 13.9. The highest BCUT2D eigenvalue weighted by atomic mass is 127. The largest absolute Gasteiger partial charge is 0.324 e. The minimum absolute atomic E-state index is 0.141. The Balaban J connectivity index is 1.90. The van der Waals surface area contributed by atoms with Crippen LogP contribution in [-0.4, -0.2) is 23.3 Å². The van der Waals surface area contributed by atoms with E-state index in [4.69, 9.17) is 11.6 Å². The van der Waals surface area contributed by atoms with E-state index in [2.05, 4.69) is 27.9 Å². The normalized spacial score (nSPS) is 16.0. The quantitative estimate of drug-likeness (QED) is 0.468. The van der Waals surface area contributed by atoms with Crippen LogP contribution < -0.4 is 5.32 Å². The van der Waals surface area contributed by atoms with Gasteiger partial charge >= 0.3 is 0 Å². The van der Waals surface area contributed by atoms with Crippen LogP contribution in [-0.2, 0) is 4.79 Å². The summed E-state index contributed by atoms with van der Waals surface area (Å²) >= 11 is 8.23. The number of benzene rings is 3. The van der Waals surface area contributed by atoms with Gasteiger partial charge in [-0.25, -0.2) is 4.39 Å². The molecule has 1 N–H and O–H groups in total. The lowest BCUT2D eigenvalue weighted by molar-refractivity contribution is -0.117. The molecular formula is C22H15ClFIN2O2. The minimum Gasteiger partial charge on any atom is -0.324 e. The van der Waals surface area contributed by atoms with E-state index in [-0.39, 0.29) is 24.2 Å². The third kappa shape index (κ3) is 4.00. The molecule has 29 heavy (non-hydrogen) atoms. The van der Waals surface area contributed by atoms with Gasteiger partial charge in [0.05, 0.1) is 11.6 Å². The average Bonchev–Trinajstić information content (AvgIpc) is 2.84. The summed E-state index contributed by atoms with van der Waals surface area (Å²) in [6.45, 7) is -0.141. The van der Waals surface area contributed by atoms with Crippen molar-refractivity contribution in [3.05, 3.63) is 97.8 Å². The van der Waals surface area contributed by atoms with E-state index < -0.39 is 6.04 Å². The minimum atomic E-state index is -0.578. The predicted octanol–water partition coefficient (Wildman–Crippen LogP) is 5.27. The van der Waals surface area contributed by atoms with Gasteiger partial charge in [0.15, 0.2) is 0 Å². The van der Waals surface area contributed by atoms with Crippen LogP contribution in [0.5, 0.6) is 0 Å². The van der Waals surface area contributed by atoms with Crippen LogP contribution in [0.1, 0.15) is 27.5 Å². The SMILES string of the molecule is O=C1CN(C(=O)c2ccccc2I)C(c2ccc(F)cc2)c2ccc(Cl)cc2N1. The van der Waals surface area contributed by atoms with Gasteiger partial charge in [0.1, 0.15) is 12.4 Å². The molecule has 1 unspecified atom stereocenters. The van der Waals surface area contributed by atoms with Crippen molar-refractivity contribution in [3.8, 4) is 0 Å². The van der Waals surface area contributed by atoms with Gasteiger partial charge in [-0.2, -0.15) is 0 Å². The van der Waals surface area contributed by atoms with E-state index in [0.717, 1.165) is 3.57 Å². The summed E-state index contributed by atoms with van der Waals surface area (Å²) in [5, 5.41) is 3.30. The molecular weight excluding hydrogens is 506 g/mol. The highest BCUT2D eigenvalue weighted by Crippen LogP contribution is 2.38. The highest BCUT2D eigenvalue weighted by molar-refractivity contribution is 14.1. The van der Waals surface area contributed by atoms with Crippen molar-refractivity contribution in [2.24, 2.45) is 0 Å². The molecule has 0 bridgehead atoms. The fourth-order valence-corrected chi connectivity index (χ4v) is 4.25. The summed E-state index contributed by atoms with van der Waals surface area (Å²) in [5.41, 5.74) is 2.46. The second-order valence-corrected chi connectivity index (χ2v) is 8.25. The van der Waals surface area contributed by atoms with Crippen LogP contribution in [0.4, 0.5) is 10.1 Å². The summed E-state index contributed by atoms with van der Waals surface area (Å²) in [7, 11) is 0. The molecule has 1 aliphatic heterocycles. The Labute approximate surface area is 185 Å². The van der Waals surface area contributed by atoms with Crippen molar-refractivity contribution >= 4 is 51.7 Å². The molecule has 0 fully saturated rings. The van der Waals surface area contributed by atoms with E-state index in [1.54, 1.807) is 42.5 Å². The van der Waals surface area contributed by atoms with Crippen molar-refractivity contribution in [1.82, 2.24) is 4.90 Å². The standard InChI is InChI=1S/C22H15ClFIN2O2/c23-14-7-10-17-19(11-14)26-20(28)12-27(21(17)13-5-8-15(24)9-6-13)22(29)16-3-1-2-4-18(16)25/h1-11,21H,12H2,(H,26,28). The van der Waals surface area contributed by atoms with Gasteiger partial charge in [-0.15, -0.1) is 0 Å². The van der Waals surface area contributed by atoms with Crippen molar-refractivity contribution in [1.29, 1.82) is 0 Å². The lowest BCUT2D eigenvalue weighted by atomic mass is 9.95. The van der Waals surface area contributed by atoms with Gasteiger partial charge in [-0.05, 0) is 64.6 Å². The van der Waals surface area contributed by atoms with Gasteiger partial charge in [-0.1, -0.05) is 41.9 Å². The number of carbonyl (C=O) groups is 2. The summed E-state index contributed by atoms with van der Waals surface area (Å²) in [4.78, 5) is 27.6. The maximum absolute atomic E-state index is 13.6. The molecule has 0 saturated carbocycles. The zero-order chi connectivity index (χ0) is 20.5. The molecule has 146 valence electrons. The number of amides is 2. The van der Waals surface area contributed by atoms with Crippen molar-refractivity contribution in [2.75, 3.05) is 11.9 Å². The molecule has 4 rings (SSSR count). The Bertz CT molecular complexity index is 1100. The third-order valence-corrected chi connectivity index (χ3v) is 5.94. The number of rotatable bonds is 2. The third-order valence-electron chi connectivity index (χ3n) is 4.76. The summed E-state index contributed by atoms with van der Waals surface area (Å²) in [6, 6.07) is 17.7. The monoisotopic (exact) mass is 520 g/mol. The number of nitrogens with zero attached hydrogens (tertiary/aromatic N) is 1. The Morgan fingerprint density at radius 1 is 1.10 bits per heavy atom. The molecule has 4 nitrogen and oxygen atoms in total. The van der Waals surface area contributed by atoms with Gasteiger partial charge in [-0.3, -0.25) is 9.59 Å². The van der Waals surface area contributed by atoms with E-state index >= 15 is 0 Å². The highest BCUT2D eigenvalue weighted by Gasteiger charge is 2.34. The molecule has 3 aromatic carbocycles. The lowest BCUT2D eigenvalue weighted by Gasteiger charge is -2.31. The van der Waals surface area contributed by atoms with Crippen LogP contribution in [0.2, 0.25) is 5.02 Å². The molecule has 1 atom stereocenters. The van der Waals surface area contributed by atoms with Gasteiger partial charge in [0.25, 0.3) is 5.91 Å². The van der Waals surface area contributed by atoms with Crippen LogP contribution >= 0.6 is 34.2 Å². The topological polar surface area (TPSA) is 49.4 Å². The number of anilines is 1. The Hall–Kier alpha value is -2.45. The number of hydrogen-bond donors (Lipinski definition) is 1. The van der Waals surface area contributed by atoms with Crippen molar-refractivity contribution < 1.29 is 14.0 Å². The Morgan fingerprint density at radius 2 is 1.83 bits per heavy atom. The number of fused-ring (bicyclic) bond motifs is 1. The predicted molar refractivity (Wildman–Crippen MR) is 119 cm³/mol. The number of halogens is 3. The first kappa shape index (κ1) is 19.8. The molecule has 2 amide bonds. The number of carbonyl (C=O) groups excluding carboxylic acids is 2. The molecule has 0 aliphatic carbocycles. The van der Waals surface area contributed by atoms with E-state index in [0.29, 0.717) is 27.4 Å². The van der Waals surface area contributed by atoms with Crippen molar-refractivity contribution in [3.63, 3.8) is 0 Å². The fourth-order valence-electron chi connectivity index (χ4n) is 3.46. The smallest absolute Gasteiger partial charge is 0.256 e. The molecule has 0 saturated heterocycles. The van der Waals surface area contributed by atoms with Crippen LogP contribution in [0.25, 0.3) is 0 Å². The number of hydrogen-bond acceptors (Lipinski definition) is 2. The molecule has 7 heteroatoms. The maximum atomic E-state index is 13.6. The Morgan fingerprint density at radius 3 is 2.55 bits per heavy atom. The fraction of sp³-hybridized carbons (Fsp3) is 0.0909. The summed E-state index contributed by atoms with van der Waals surface area (Å²) in [6.07, 6.45) is 0. The molecule has 3 aromatic rings. The van der Waals surface area contributed by atoms with Crippen LogP contribution in [0.3, 0.4) is 0 Å². The molecule has 1 heterocycles. The first-order valence-electron chi connectivity index (χ1n) is 8.84. The van der Waals surface area contributed by atoms with Gasteiger partial charge in [0, 0.05) is 19.8 Å². The summed E-state index contributed by atoms with van der Waals surface area (Å²) in [5.74, 6) is -0.969. The van der Waals surface area contributed by atoms with E-state index in [1.165, 1.54) is 17.0 Å². The lowest BCUT2D eigenvalue weighted by Crippen LogP contribution is -2.39. The first-order valence-corrected chi connectivity index (χ1v) is 10.3. The van der Waals surface area contributed by atoms with Crippen LogP contribution in [0.15, 0.2) is 66.7 Å². The number of nitrogens with one attached hydrogen (secondary N) is 1. The van der Waals surface area contributed by atoms with Crippen LogP contribution in [0, 0.1) is 9.39 Å². The second-order valence-electron chi connectivity index (χ2n) is 6.65. The molecule has 0 spiro atoms. The van der Waals surface area contributed by atoms with Gasteiger partial charge in [0.2, 0.25) is 5.91 Å². The zero-order valence-electron chi connectivity index (χ0n) is 15.0. The Kier molecular flexibility index (Phi) is 5.56. The average molecular weight is 521 g/mol. The van der Waals surface area contributed by atoms with Crippen molar-refractivity contribution in [2.45, 2.75) is 6.04 Å². The van der Waals surface area contributed by atoms with E-state index in [1.807, 2.05) is 12.1 Å². The maximum Gasteiger partial charge on any atom is 0.256 e.